The lowest BCUT2D eigenvalue weighted by molar-refractivity contribution is -0.385. The summed E-state index contributed by atoms with van der Waals surface area (Å²) in [5, 5.41) is 14.2. The first-order valence-corrected chi connectivity index (χ1v) is 10.9. The molecule has 0 aliphatic heterocycles. The summed E-state index contributed by atoms with van der Waals surface area (Å²) in [7, 11) is 1.58. The molecule has 3 rings (SSSR count). The minimum Gasteiger partial charge on any atom is -0.497 e. The Bertz CT molecular complexity index is 1110. The molecule has 0 saturated heterocycles. The zero-order valence-electron chi connectivity index (χ0n) is 19.7. The highest BCUT2D eigenvalue weighted by Gasteiger charge is 2.30. The van der Waals surface area contributed by atoms with Gasteiger partial charge in [-0.1, -0.05) is 42.5 Å². The number of pyridine rings is 1. The highest BCUT2D eigenvalue weighted by molar-refractivity contribution is 5.68. The summed E-state index contributed by atoms with van der Waals surface area (Å²) in [6, 6.07) is 19.7. The second kappa shape index (κ2) is 10.8. The molecule has 2 atom stereocenters. The van der Waals surface area contributed by atoms with E-state index in [-0.39, 0.29) is 11.6 Å². The van der Waals surface area contributed by atoms with Crippen LogP contribution >= 0.6 is 0 Å². The first-order valence-electron chi connectivity index (χ1n) is 10.9. The van der Waals surface area contributed by atoms with Crippen molar-refractivity contribution in [3.05, 3.63) is 99.9 Å². The molecule has 1 heterocycles. The second-order valence-corrected chi connectivity index (χ2v) is 8.90. The maximum Gasteiger partial charge on any atom is 0.408 e. The molecular formula is C26H29N3O5. The van der Waals surface area contributed by atoms with Crippen LogP contribution in [-0.2, 0) is 11.2 Å². The third-order valence-electron chi connectivity index (χ3n) is 5.19. The summed E-state index contributed by atoms with van der Waals surface area (Å²) < 4.78 is 10.9. The summed E-state index contributed by atoms with van der Waals surface area (Å²) in [6.45, 7) is 5.39. The molecule has 0 fully saturated rings. The number of carbonyl (C=O) groups excluding carboxylic acids is 1. The van der Waals surface area contributed by atoms with Crippen molar-refractivity contribution in [2.75, 3.05) is 7.11 Å². The van der Waals surface area contributed by atoms with Gasteiger partial charge in [-0.05, 0) is 56.5 Å². The molecule has 0 spiro atoms. The van der Waals surface area contributed by atoms with Crippen LogP contribution in [0, 0.1) is 10.1 Å². The molecule has 178 valence electrons. The monoisotopic (exact) mass is 463 g/mol. The molecular weight excluding hydrogens is 434 g/mol. The molecule has 0 aliphatic carbocycles. The number of nitrogens with one attached hydrogen (secondary N) is 1. The molecule has 1 N–H and O–H groups in total. The SMILES string of the molecule is COc1cccc([C@H](NC(=O)OC(C)(C)C)[C@H](Cc2ccccc2)c2ccc([N+](=O)[O-])cn2)c1. The van der Waals surface area contributed by atoms with Gasteiger partial charge in [0.1, 0.15) is 17.5 Å². The van der Waals surface area contributed by atoms with Crippen molar-refractivity contribution in [3.8, 4) is 5.75 Å². The molecule has 0 radical (unpaired) electrons. The number of nitrogens with zero attached hydrogens (tertiary/aromatic N) is 2. The molecule has 0 unspecified atom stereocenters. The van der Waals surface area contributed by atoms with Gasteiger partial charge in [0.15, 0.2) is 0 Å². The third kappa shape index (κ3) is 6.78. The van der Waals surface area contributed by atoms with Gasteiger partial charge < -0.3 is 14.8 Å². The summed E-state index contributed by atoms with van der Waals surface area (Å²) in [6.07, 6.45) is 1.20. The van der Waals surface area contributed by atoms with Crippen LogP contribution in [0.25, 0.3) is 0 Å². The molecule has 0 saturated carbocycles. The van der Waals surface area contributed by atoms with E-state index in [0.717, 1.165) is 11.1 Å². The fraction of sp³-hybridized carbons (Fsp3) is 0.308. The van der Waals surface area contributed by atoms with Crippen molar-refractivity contribution < 1.29 is 19.2 Å². The van der Waals surface area contributed by atoms with Gasteiger partial charge in [0.05, 0.1) is 18.1 Å². The largest absolute Gasteiger partial charge is 0.497 e. The van der Waals surface area contributed by atoms with Gasteiger partial charge in [-0.3, -0.25) is 15.1 Å². The predicted molar refractivity (Wildman–Crippen MR) is 129 cm³/mol. The maximum absolute atomic E-state index is 12.9. The number of rotatable bonds is 8. The van der Waals surface area contributed by atoms with Crippen LogP contribution in [0.1, 0.15) is 49.6 Å². The zero-order valence-corrected chi connectivity index (χ0v) is 19.7. The molecule has 1 amide bonds. The van der Waals surface area contributed by atoms with E-state index in [2.05, 4.69) is 10.3 Å². The fourth-order valence-corrected chi connectivity index (χ4v) is 3.67. The molecule has 8 nitrogen and oxygen atoms in total. The van der Waals surface area contributed by atoms with Gasteiger partial charge in [0.2, 0.25) is 0 Å². The van der Waals surface area contributed by atoms with Crippen LogP contribution in [0.4, 0.5) is 10.5 Å². The zero-order chi connectivity index (χ0) is 24.7. The number of ether oxygens (including phenoxy) is 2. The lowest BCUT2D eigenvalue weighted by Crippen LogP contribution is -2.38. The van der Waals surface area contributed by atoms with Crippen molar-refractivity contribution in [3.63, 3.8) is 0 Å². The average Bonchev–Trinajstić information content (AvgIpc) is 2.81. The number of hydrogen-bond acceptors (Lipinski definition) is 6. The molecule has 3 aromatic rings. The van der Waals surface area contributed by atoms with Crippen molar-refractivity contribution >= 4 is 11.8 Å². The second-order valence-electron chi connectivity index (χ2n) is 8.90. The van der Waals surface area contributed by atoms with E-state index in [1.165, 1.54) is 12.3 Å². The van der Waals surface area contributed by atoms with Crippen molar-refractivity contribution in [2.24, 2.45) is 0 Å². The summed E-state index contributed by atoms with van der Waals surface area (Å²) in [5.74, 6) is 0.298. The van der Waals surface area contributed by atoms with Crippen LogP contribution in [0.2, 0.25) is 0 Å². The third-order valence-corrected chi connectivity index (χ3v) is 5.19. The van der Waals surface area contributed by atoms with Gasteiger partial charge in [-0.15, -0.1) is 0 Å². The molecule has 34 heavy (non-hydrogen) atoms. The Morgan fingerprint density at radius 3 is 2.41 bits per heavy atom. The number of aromatic nitrogens is 1. The van der Waals surface area contributed by atoms with E-state index < -0.39 is 22.7 Å². The quantitative estimate of drug-likeness (QED) is 0.345. The Hall–Kier alpha value is -3.94. The van der Waals surface area contributed by atoms with E-state index in [4.69, 9.17) is 9.47 Å². The summed E-state index contributed by atoms with van der Waals surface area (Å²) in [5.41, 5.74) is 1.67. The first kappa shape index (κ1) is 24.7. The number of hydrogen-bond donors (Lipinski definition) is 1. The van der Waals surface area contributed by atoms with Crippen LogP contribution in [0.5, 0.6) is 5.75 Å². The maximum atomic E-state index is 12.9. The number of benzene rings is 2. The Morgan fingerprint density at radius 1 is 1.09 bits per heavy atom. The van der Waals surface area contributed by atoms with E-state index >= 15 is 0 Å². The lowest BCUT2D eigenvalue weighted by atomic mass is 9.85. The number of amides is 1. The lowest BCUT2D eigenvalue weighted by Gasteiger charge is -2.30. The Morgan fingerprint density at radius 2 is 1.82 bits per heavy atom. The summed E-state index contributed by atoms with van der Waals surface area (Å²) in [4.78, 5) is 27.9. The first-order chi connectivity index (χ1) is 16.2. The summed E-state index contributed by atoms with van der Waals surface area (Å²) >= 11 is 0. The number of methoxy groups -OCH3 is 1. The minimum atomic E-state index is -0.677. The van der Waals surface area contributed by atoms with Gasteiger partial charge in [0, 0.05) is 17.7 Å². The van der Waals surface area contributed by atoms with E-state index in [0.29, 0.717) is 17.9 Å². The molecule has 0 bridgehead atoms. The molecule has 0 aliphatic rings. The number of carbonyl (C=O) groups is 1. The van der Waals surface area contributed by atoms with Crippen LogP contribution in [-0.4, -0.2) is 28.7 Å². The predicted octanol–water partition coefficient (Wildman–Crippen LogP) is 5.59. The van der Waals surface area contributed by atoms with E-state index in [1.807, 2.05) is 54.6 Å². The van der Waals surface area contributed by atoms with Crippen LogP contribution in [0.15, 0.2) is 72.9 Å². The normalized spacial score (nSPS) is 12.9. The van der Waals surface area contributed by atoms with Gasteiger partial charge in [0.25, 0.3) is 5.69 Å². The number of alkyl carbamates (subject to hydrolysis) is 1. The van der Waals surface area contributed by atoms with Crippen molar-refractivity contribution in [2.45, 2.75) is 44.8 Å². The van der Waals surface area contributed by atoms with Crippen LogP contribution in [0.3, 0.4) is 0 Å². The van der Waals surface area contributed by atoms with Crippen molar-refractivity contribution in [1.29, 1.82) is 0 Å². The molecule has 8 heteroatoms. The highest BCUT2D eigenvalue weighted by atomic mass is 16.6. The molecule has 1 aromatic heterocycles. The van der Waals surface area contributed by atoms with Crippen LogP contribution < -0.4 is 10.1 Å². The standard InChI is InChI=1S/C26H29N3O5/c1-26(2,3)34-25(30)28-24(19-11-8-12-21(16-19)33-4)22(15-18-9-6-5-7-10-18)23-14-13-20(17-27-23)29(31)32/h5-14,16-17,22,24H,15H2,1-4H3,(H,28,30)/t22-,24+/m1/s1. The fourth-order valence-electron chi connectivity index (χ4n) is 3.67. The Kier molecular flexibility index (Phi) is 7.83. The average molecular weight is 464 g/mol. The number of nitro groups is 1. The Labute approximate surface area is 199 Å². The van der Waals surface area contributed by atoms with Gasteiger partial charge >= 0.3 is 6.09 Å². The van der Waals surface area contributed by atoms with Gasteiger partial charge in [-0.2, -0.15) is 0 Å². The minimum absolute atomic E-state index is 0.0970. The molecule has 2 aromatic carbocycles. The Balaban J connectivity index is 2.08. The smallest absolute Gasteiger partial charge is 0.408 e. The van der Waals surface area contributed by atoms with E-state index in [9.17, 15) is 14.9 Å². The van der Waals surface area contributed by atoms with E-state index in [1.54, 1.807) is 33.9 Å². The van der Waals surface area contributed by atoms with Gasteiger partial charge in [-0.25, -0.2) is 4.79 Å². The topological polar surface area (TPSA) is 104 Å². The van der Waals surface area contributed by atoms with Crippen molar-refractivity contribution in [1.82, 2.24) is 10.3 Å². The highest BCUT2D eigenvalue weighted by Crippen LogP contribution is 2.35.